The zero-order valence-electron chi connectivity index (χ0n) is 14.0. The van der Waals surface area contributed by atoms with Crippen molar-refractivity contribution >= 4 is 34.4 Å². The molecule has 7 heteroatoms. The molecule has 2 fully saturated rings. The molecule has 3 heterocycles. The number of hydrogen-bond donors (Lipinski definition) is 1. The van der Waals surface area contributed by atoms with Crippen LogP contribution in [0.15, 0.2) is 18.2 Å². The molecule has 1 aromatic carbocycles. The molecule has 2 aliphatic rings. The van der Waals surface area contributed by atoms with Gasteiger partial charge in [0, 0.05) is 24.5 Å². The maximum absolute atomic E-state index is 12.8. The number of piperidine rings is 1. The first-order valence-corrected chi connectivity index (χ1v) is 9.22. The lowest BCUT2D eigenvalue weighted by atomic mass is 10.1. The topological polar surface area (TPSA) is 69.3 Å². The van der Waals surface area contributed by atoms with E-state index in [0.717, 1.165) is 42.5 Å². The van der Waals surface area contributed by atoms with E-state index in [4.69, 9.17) is 11.6 Å². The summed E-state index contributed by atoms with van der Waals surface area (Å²) in [6.07, 6.45) is 4.29. The van der Waals surface area contributed by atoms with Crippen molar-refractivity contribution in [1.29, 1.82) is 0 Å². The SMILES string of the molecule is O=C1CCCCN1CC(=O)N1CCC[C@@H]1c1nc2ccc(Cl)cc2[nH]1. The second-order valence-corrected chi connectivity index (χ2v) is 7.24. The number of H-pyrrole nitrogens is 1. The van der Waals surface area contributed by atoms with E-state index in [-0.39, 0.29) is 24.4 Å². The van der Waals surface area contributed by atoms with Gasteiger partial charge < -0.3 is 14.8 Å². The van der Waals surface area contributed by atoms with Crippen LogP contribution in [0.3, 0.4) is 0 Å². The Bertz CT molecular complexity index is 819. The Morgan fingerprint density at radius 2 is 2.16 bits per heavy atom. The Labute approximate surface area is 151 Å². The number of aromatic amines is 1. The second kappa shape index (κ2) is 6.67. The largest absolute Gasteiger partial charge is 0.340 e. The third kappa shape index (κ3) is 3.23. The van der Waals surface area contributed by atoms with Crippen molar-refractivity contribution in [1.82, 2.24) is 19.8 Å². The average molecular weight is 361 g/mol. The smallest absolute Gasteiger partial charge is 0.242 e. The number of aromatic nitrogens is 2. The van der Waals surface area contributed by atoms with Gasteiger partial charge in [-0.25, -0.2) is 4.98 Å². The van der Waals surface area contributed by atoms with Crippen molar-refractivity contribution in [2.75, 3.05) is 19.6 Å². The van der Waals surface area contributed by atoms with Crippen molar-refractivity contribution in [2.45, 2.75) is 38.1 Å². The molecule has 4 rings (SSSR count). The van der Waals surface area contributed by atoms with E-state index in [1.165, 1.54) is 0 Å². The van der Waals surface area contributed by atoms with Gasteiger partial charge in [-0.15, -0.1) is 0 Å². The van der Waals surface area contributed by atoms with Gasteiger partial charge in [0.05, 0.1) is 23.6 Å². The highest BCUT2D eigenvalue weighted by Gasteiger charge is 2.33. The number of imidazole rings is 1. The van der Waals surface area contributed by atoms with Gasteiger partial charge in [0.15, 0.2) is 0 Å². The molecule has 0 spiro atoms. The molecule has 1 atom stereocenters. The molecule has 1 aromatic heterocycles. The number of benzene rings is 1. The van der Waals surface area contributed by atoms with Crippen LogP contribution < -0.4 is 0 Å². The summed E-state index contributed by atoms with van der Waals surface area (Å²) in [6, 6.07) is 5.48. The molecule has 1 N–H and O–H groups in total. The molecule has 0 bridgehead atoms. The summed E-state index contributed by atoms with van der Waals surface area (Å²) in [5, 5.41) is 0.658. The molecular formula is C18H21ClN4O2. The maximum Gasteiger partial charge on any atom is 0.242 e. The van der Waals surface area contributed by atoms with Crippen molar-refractivity contribution in [3.63, 3.8) is 0 Å². The van der Waals surface area contributed by atoms with E-state index < -0.39 is 0 Å². The molecule has 0 radical (unpaired) electrons. The summed E-state index contributed by atoms with van der Waals surface area (Å²) in [5.41, 5.74) is 1.73. The van der Waals surface area contributed by atoms with E-state index in [2.05, 4.69) is 9.97 Å². The van der Waals surface area contributed by atoms with Crippen LogP contribution in [0, 0.1) is 0 Å². The van der Waals surface area contributed by atoms with Crippen LogP contribution in [0.5, 0.6) is 0 Å². The first kappa shape index (κ1) is 16.4. The maximum atomic E-state index is 12.8. The lowest BCUT2D eigenvalue weighted by Gasteiger charge is -2.30. The van der Waals surface area contributed by atoms with E-state index in [1.807, 2.05) is 23.1 Å². The number of halogens is 1. The van der Waals surface area contributed by atoms with E-state index >= 15 is 0 Å². The quantitative estimate of drug-likeness (QED) is 0.915. The Hall–Kier alpha value is -2.08. The van der Waals surface area contributed by atoms with Gasteiger partial charge in [0.25, 0.3) is 0 Å². The normalized spacial score (nSPS) is 21.3. The van der Waals surface area contributed by atoms with Gasteiger partial charge >= 0.3 is 0 Å². The first-order valence-electron chi connectivity index (χ1n) is 8.84. The van der Waals surface area contributed by atoms with Crippen LogP contribution in [-0.4, -0.2) is 51.2 Å². The fraction of sp³-hybridized carbons (Fsp3) is 0.500. The van der Waals surface area contributed by atoms with Gasteiger partial charge in [-0.1, -0.05) is 11.6 Å². The standard InChI is InChI=1S/C18H21ClN4O2/c19-12-6-7-13-14(10-12)21-18(20-13)15-4-3-9-23(15)17(25)11-22-8-2-1-5-16(22)24/h6-7,10,15H,1-5,8-9,11H2,(H,20,21)/t15-/m1/s1. The molecule has 2 amide bonds. The van der Waals surface area contributed by atoms with Crippen LogP contribution in [0.25, 0.3) is 11.0 Å². The fourth-order valence-electron chi connectivity index (χ4n) is 3.79. The Morgan fingerprint density at radius 1 is 1.28 bits per heavy atom. The number of nitrogens with zero attached hydrogens (tertiary/aromatic N) is 3. The van der Waals surface area contributed by atoms with E-state index in [0.29, 0.717) is 24.5 Å². The molecule has 25 heavy (non-hydrogen) atoms. The molecular weight excluding hydrogens is 340 g/mol. The predicted molar refractivity (Wildman–Crippen MR) is 95.2 cm³/mol. The number of nitrogens with one attached hydrogen (secondary N) is 1. The van der Waals surface area contributed by atoms with Crippen molar-refractivity contribution < 1.29 is 9.59 Å². The first-order chi connectivity index (χ1) is 12.1. The molecule has 2 aliphatic heterocycles. The third-order valence-corrected chi connectivity index (χ3v) is 5.33. The Balaban J connectivity index is 1.52. The Kier molecular flexibility index (Phi) is 4.37. The zero-order chi connectivity index (χ0) is 17.4. The van der Waals surface area contributed by atoms with Crippen molar-refractivity contribution in [2.24, 2.45) is 0 Å². The molecule has 0 saturated carbocycles. The summed E-state index contributed by atoms with van der Waals surface area (Å²) in [6.45, 7) is 1.58. The van der Waals surface area contributed by atoms with Gasteiger partial charge in [-0.3, -0.25) is 9.59 Å². The van der Waals surface area contributed by atoms with Gasteiger partial charge in [-0.05, 0) is 43.9 Å². The zero-order valence-corrected chi connectivity index (χ0v) is 14.8. The van der Waals surface area contributed by atoms with E-state index in [9.17, 15) is 9.59 Å². The highest BCUT2D eigenvalue weighted by molar-refractivity contribution is 6.31. The summed E-state index contributed by atoms with van der Waals surface area (Å²) >= 11 is 6.04. The number of likely N-dealkylation sites (tertiary alicyclic amines) is 2. The summed E-state index contributed by atoms with van der Waals surface area (Å²) < 4.78 is 0. The lowest BCUT2D eigenvalue weighted by Crippen LogP contribution is -2.44. The molecule has 132 valence electrons. The number of fused-ring (bicyclic) bond motifs is 1. The van der Waals surface area contributed by atoms with Gasteiger partial charge in [0.1, 0.15) is 5.82 Å². The number of hydrogen-bond acceptors (Lipinski definition) is 3. The summed E-state index contributed by atoms with van der Waals surface area (Å²) in [5.74, 6) is 0.901. The van der Waals surface area contributed by atoms with Crippen molar-refractivity contribution in [3.05, 3.63) is 29.0 Å². The number of carbonyl (C=O) groups excluding carboxylic acids is 2. The highest BCUT2D eigenvalue weighted by Crippen LogP contribution is 2.32. The summed E-state index contributed by atoms with van der Waals surface area (Å²) in [7, 11) is 0. The molecule has 2 saturated heterocycles. The van der Waals surface area contributed by atoms with Crippen LogP contribution in [-0.2, 0) is 9.59 Å². The third-order valence-electron chi connectivity index (χ3n) is 5.10. The van der Waals surface area contributed by atoms with Gasteiger partial charge in [-0.2, -0.15) is 0 Å². The monoisotopic (exact) mass is 360 g/mol. The van der Waals surface area contributed by atoms with E-state index in [1.54, 1.807) is 4.90 Å². The van der Waals surface area contributed by atoms with Crippen LogP contribution in [0.4, 0.5) is 0 Å². The molecule has 2 aromatic rings. The molecule has 0 aliphatic carbocycles. The molecule has 0 unspecified atom stereocenters. The predicted octanol–water partition coefficient (Wildman–Crippen LogP) is 2.89. The van der Waals surface area contributed by atoms with Crippen molar-refractivity contribution in [3.8, 4) is 0 Å². The highest BCUT2D eigenvalue weighted by atomic mass is 35.5. The summed E-state index contributed by atoms with van der Waals surface area (Å²) in [4.78, 5) is 36.3. The van der Waals surface area contributed by atoms with Crippen LogP contribution in [0.1, 0.15) is 44.0 Å². The fourth-order valence-corrected chi connectivity index (χ4v) is 3.96. The minimum absolute atomic E-state index is 0.0104. The number of amides is 2. The average Bonchev–Trinajstić information content (AvgIpc) is 3.22. The number of rotatable bonds is 3. The lowest BCUT2D eigenvalue weighted by molar-refractivity contribution is -0.142. The minimum Gasteiger partial charge on any atom is -0.340 e. The minimum atomic E-state index is -0.0569. The van der Waals surface area contributed by atoms with Gasteiger partial charge in [0.2, 0.25) is 11.8 Å². The Morgan fingerprint density at radius 3 is 3.00 bits per heavy atom. The van der Waals surface area contributed by atoms with Crippen LogP contribution >= 0.6 is 11.6 Å². The second-order valence-electron chi connectivity index (χ2n) is 6.80. The molecule has 6 nitrogen and oxygen atoms in total. The number of carbonyl (C=O) groups is 2. The van der Waals surface area contributed by atoms with Crippen LogP contribution in [0.2, 0.25) is 5.02 Å².